The standard InChI is InChI=1S/C14H12BrFN2O3/c1-2-17-11-4-3-5-13(14(11)18(19)20)21-12-7-6-9(16)8-10(12)15/h3-8,17H,2H2,1H3. The van der Waals surface area contributed by atoms with Crippen LogP contribution in [0.15, 0.2) is 40.9 Å². The summed E-state index contributed by atoms with van der Waals surface area (Å²) in [7, 11) is 0. The van der Waals surface area contributed by atoms with Crippen LogP contribution in [0.1, 0.15) is 6.92 Å². The topological polar surface area (TPSA) is 64.4 Å². The summed E-state index contributed by atoms with van der Waals surface area (Å²) in [6.07, 6.45) is 0. The summed E-state index contributed by atoms with van der Waals surface area (Å²) in [6.45, 7) is 2.39. The van der Waals surface area contributed by atoms with Crippen molar-refractivity contribution in [2.75, 3.05) is 11.9 Å². The van der Waals surface area contributed by atoms with Crippen molar-refractivity contribution in [2.24, 2.45) is 0 Å². The van der Waals surface area contributed by atoms with Gasteiger partial charge in [-0.1, -0.05) is 6.07 Å². The molecule has 2 aromatic rings. The molecule has 0 amide bonds. The summed E-state index contributed by atoms with van der Waals surface area (Å²) in [5, 5.41) is 14.2. The quantitative estimate of drug-likeness (QED) is 0.623. The van der Waals surface area contributed by atoms with Gasteiger partial charge < -0.3 is 10.1 Å². The van der Waals surface area contributed by atoms with E-state index in [1.165, 1.54) is 24.3 Å². The van der Waals surface area contributed by atoms with Gasteiger partial charge in [0.2, 0.25) is 5.75 Å². The van der Waals surface area contributed by atoms with Crippen LogP contribution < -0.4 is 10.1 Å². The molecule has 0 unspecified atom stereocenters. The second kappa shape index (κ2) is 6.53. The van der Waals surface area contributed by atoms with Crippen molar-refractivity contribution in [3.8, 4) is 11.5 Å². The van der Waals surface area contributed by atoms with Crippen LogP contribution in [0.25, 0.3) is 0 Å². The minimum absolute atomic E-state index is 0.0887. The molecule has 0 bridgehead atoms. The number of nitrogens with one attached hydrogen (secondary N) is 1. The number of benzene rings is 2. The van der Waals surface area contributed by atoms with Gasteiger partial charge in [0.05, 0.1) is 9.40 Å². The molecule has 0 atom stereocenters. The van der Waals surface area contributed by atoms with Gasteiger partial charge in [0, 0.05) is 6.54 Å². The van der Waals surface area contributed by atoms with E-state index in [-0.39, 0.29) is 11.4 Å². The van der Waals surface area contributed by atoms with Gasteiger partial charge in [-0.05, 0) is 53.2 Å². The molecule has 110 valence electrons. The highest BCUT2D eigenvalue weighted by Crippen LogP contribution is 2.39. The molecule has 0 saturated carbocycles. The van der Waals surface area contributed by atoms with Gasteiger partial charge in [0.15, 0.2) is 0 Å². The van der Waals surface area contributed by atoms with Gasteiger partial charge in [-0.15, -0.1) is 0 Å². The van der Waals surface area contributed by atoms with Crippen molar-refractivity contribution in [1.29, 1.82) is 0 Å². The largest absolute Gasteiger partial charge is 0.449 e. The maximum absolute atomic E-state index is 13.1. The first-order chi connectivity index (χ1) is 10.0. The summed E-state index contributed by atoms with van der Waals surface area (Å²) in [5.41, 5.74) is 0.216. The lowest BCUT2D eigenvalue weighted by molar-refractivity contribution is -0.384. The zero-order chi connectivity index (χ0) is 15.4. The molecule has 7 heteroatoms. The predicted molar refractivity (Wildman–Crippen MR) is 81.4 cm³/mol. The lowest BCUT2D eigenvalue weighted by atomic mass is 10.2. The second-order valence-electron chi connectivity index (χ2n) is 4.12. The second-order valence-corrected chi connectivity index (χ2v) is 4.97. The fourth-order valence-corrected chi connectivity index (χ4v) is 2.23. The zero-order valence-corrected chi connectivity index (χ0v) is 12.7. The average molecular weight is 355 g/mol. The van der Waals surface area contributed by atoms with Crippen molar-refractivity contribution in [2.45, 2.75) is 6.92 Å². The van der Waals surface area contributed by atoms with E-state index in [0.717, 1.165) is 0 Å². The Hall–Kier alpha value is -2.15. The van der Waals surface area contributed by atoms with Crippen LogP contribution >= 0.6 is 15.9 Å². The fraction of sp³-hybridized carbons (Fsp3) is 0.143. The Morgan fingerprint density at radius 1 is 1.33 bits per heavy atom. The molecule has 0 aliphatic heterocycles. The lowest BCUT2D eigenvalue weighted by Gasteiger charge is -2.11. The Balaban J connectivity index is 2.43. The van der Waals surface area contributed by atoms with E-state index in [4.69, 9.17) is 4.74 Å². The number of nitrogens with zero attached hydrogens (tertiary/aromatic N) is 1. The van der Waals surface area contributed by atoms with Crippen LogP contribution in [0.5, 0.6) is 11.5 Å². The molecule has 0 saturated heterocycles. The number of hydrogen-bond donors (Lipinski definition) is 1. The Kier molecular flexibility index (Phi) is 4.74. The smallest absolute Gasteiger partial charge is 0.334 e. The van der Waals surface area contributed by atoms with Gasteiger partial charge in [0.25, 0.3) is 0 Å². The Bertz CT molecular complexity index is 679. The van der Waals surface area contributed by atoms with Crippen molar-refractivity contribution < 1.29 is 14.1 Å². The van der Waals surface area contributed by atoms with E-state index in [0.29, 0.717) is 22.5 Å². The van der Waals surface area contributed by atoms with E-state index in [9.17, 15) is 14.5 Å². The van der Waals surface area contributed by atoms with Gasteiger partial charge in [0.1, 0.15) is 17.3 Å². The molecule has 2 aromatic carbocycles. The minimum Gasteiger partial charge on any atom is -0.449 e. The first-order valence-corrected chi connectivity index (χ1v) is 6.96. The highest BCUT2D eigenvalue weighted by Gasteiger charge is 2.21. The maximum atomic E-state index is 13.1. The number of nitro groups is 1. The third kappa shape index (κ3) is 3.49. The summed E-state index contributed by atoms with van der Waals surface area (Å²) in [4.78, 5) is 10.8. The number of nitro benzene ring substituents is 1. The lowest BCUT2D eigenvalue weighted by Crippen LogP contribution is -2.02. The monoisotopic (exact) mass is 354 g/mol. The molecule has 1 N–H and O–H groups in total. The van der Waals surface area contributed by atoms with E-state index in [1.54, 1.807) is 12.1 Å². The predicted octanol–water partition coefficient (Wildman–Crippen LogP) is 4.72. The van der Waals surface area contributed by atoms with Crippen molar-refractivity contribution >= 4 is 27.3 Å². The molecule has 0 aliphatic carbocycles. The van der Waals surface area contributed by atoms with Crippen LogP contribution in [0.2, 0.25) is 0 Å². The van der Waals surface area contributed by atoms with E-state index < -0.39 is 10.7 Å². The number of hydrogen-bond acceptors (Lipinski definition) is 4. The van der Waals surface area contributed by atoms with Crippen LogP contribution in [0.3, 0.4) is 0 Å². The molecule has 0 heterocycles. The third-order valence-electron chi connectivity index (χ3n) is 2.66. The van der Waals surface area contributed by atoms with Crippen LogP contribution in [-0.2, 0) is 0 Å². The fourth-order valence-electron chi connectivity index (χ4n) is 1.80. The Morgan fingerprint density at radius 3 is 2.71 bits per heavy atom. The van der Waals surface area contributed by atoms with Crippen molar-refractivity contribution in [3.63, 3.8) is 0 Å². The Morgan fingerprint density at radius 2 is 2.10 bits per heavy atom. The van der Waals surface area contributed by atoms with Gasteiger partial charge in [-0.2, -0.15) is 0 Å². The third-order valence-corrected chi connectivity index (χ3v) is 3.28. The van der Waals surface area contributed by atoms with Crippen LogP contribution in [-0.4, -0.2) is 11.5 Å². The highest BCUT2D eigenvalue weighted by atomic mass is 79.9. The molecule has 0 radical (unpaired) electrons. The molecule has 0 fully saturated rings. The number of para-hydroxylation sites is 1. The molecular weight excluding hydrogens is 343 g/mol. The molecule has 0 aromatic heterocycles. The summed E-state index contributed by atoms with van der Waals surface area (Å²) in [6, 6.07) is 8.61. The molecule has 2 rings (SSSR count). The zero-order valence-electron chi connectivity index (χ0n) is 11.1. The van der Waals surface area contributed by atoms with Gasteiger partial charge in [-0.25, -0.2) is 4.39 Å². The summed E-state index contributed by atoms with van der Waals surface area (Å²) < 4.78 is 19.0. The Labute approximate surface area is 129 Å². The number of rotatable bonds is 5. The molecular formula is C14H12BrFN2O3. The van der Waals surface area contributed by atoms with E-state index >= 15 is 0 Å². The first kappa shape index (κ1) is 15.2. The normalized spacial score (nSPS) is 10.2. The summed E-state index contributed by atoms with van der Waals surface area (Å²) in [5.74, 6) is -0.0379. The minimum atomic E-state index is -0.509. The highest BCUT2D eigenvalue weighted by molar-refractivity contribution is 9.10. The SMILES string of the molecule is CCNc1cccc(Oc2ccc(F)cc2Br)c1[N+](=O)[O-]. The van der Waals surface area contributed by atoms with E-state index in [2.05, 4.69) is 21.2 Å². The molecule has 5 nitrogen and oxygen atoms in total. The van der Waals surface area contributed by atoms with E-state index in [1.807, 2.05) is 6.92 Å². The van der Waals surface area contributed by atoms with Gasteiger partial charge >= 0.3 is 5.69 Å². The maximum Gasteiger partial charge on any atom is 0.334 e. The van der Waals surface area contributed by atoms with Crippen molar-refractivity contribution in [3.05, 3.63) is 56.8 Å². The van der Waals surface area contributed by atoms with Crippen LogP contribution in [0, 0.1) is 15.9 Å². The molecule has 0 aliphatic rings. The van der Waals surface area contributed by atoms with Crippen molar-refractivity contribution in [1.82, 2.24) is 0 Å². The average Bonchev–Trinajstić information content (AvgIpc) is 2.42. The first-order valence-electron chi connectivity index (χ1n) is 6.17. The number of halogens is 2. The molecule has 21 heavy (non-hydrogen) atoms. The number of ether oxygens (including phenoxy) is 1. The van der Waals surface area contributed by atoms with Gasteiger partial charge in [-0.3, -0.25) is 10.1 Å². The van der Waals surface area contributed by atoms with Crippen LogP contribution in [0.4, 0.5) is 15.8 Å². The number of anilines is 1. The summed E-state index contributed by atoms with van der Waals surface area (Å²) >= 11 is 3.16. The molecule has 0 spiro atoms.